The molecule has 0 aliphatic heterocycles. The molecule has 14 heavy (non-hydrogen) atoms. The Kier molecular flexibility index (Phi) is 6.15. The van der Waals surface area contributed by atoms with Gasteiger partial charge in [-0.2, -0.15) is 13.2 Å². The first kappa shape index (κ1) is 13.7. The Balaban J connectivity index is 3.73. The SMILES string of the molecule is CN(CCCBr)C(=O)CCC(F)(F)F. The lowest BCUT2D eigenvalue weighted by atomic mass is 10.2. The van der Waals surface area contributed by atoms with Crippen LogP contribution >= 0.6 is 15.9 Å². The maximum absolute atomic E-state index is 11.8. The van der Waals surface area contributed by atoms with Gasteiger partial charge in [-0.1, -0.05) is 15.9 Å². The molecule has 0 saturated heterocycles. The highest BCUT2D eigenvalue weighted by atomic mass is 79.9. The Labute approximate surface area is 89.6 Å². The van der Waals surface area contributed by atoms with Gasteiger partial charge in [0.1, 0.15) is 0 Å². The zero-order chi connectivity index (χ0) is 11.2. The second kappa shape index (κ2) is 6.27. The van der Waals surface area contributed by atoms with Crippen LogP contribution in [-0.2, 0) is 4.79 Å². The van der Waals surface area contributed by atoms with Crippen LogP contribution in [0, 0.1) is 0 Å². The molecule has 0 unspecified atom stereocenters. The van der Waals surface area contributed by atoms with E-state index in [4.69, 9.17) is 0 Å². The first-order valence-electron chi connectivity index (χ1n) is 4.23. The van der Waals surface area contributed by atoms with Crippen molar-refractivity contribution in [3.63, 3.8) is 0 Å². The van der Waals surface area contributed by atoms with Crippen LogP contribution in [0.3, 0.4) is 0 Å². The molecule has 0 aliphatic carbocycles. The summed E-state index contributed by atoms with van der Waals surface area (Å²) < 4.78 is 35.3. The molecule has 0 heterocycles. The summed E-state index contributed by atoms with van der Waals surface area (Å²) >= 11 is 3.18. The quantitative estimate of drug-likeness (QED) is 0.707. The molecule has 0 aliphatic rings. The van der Waals surface area contributed by atoms with E-state index in [1.165, 1.54) is 11.9 Å². The minimum atomic E-state index is -4.24. The van der Waals surface area contributed by atoms with Crippen LogP contribution in [0.2, 0.25) is 0 Å². The first-order valence-corrected chi connectivity index (χ1v) is 5.35. The Hall–Kier alpha value is -0.260. The maximum atomic E-state index is 11.8. The Morgan fingerprint density at radius 3 is 2.43 bits per heavy atom. The fraction of sp³-hybridized carbons (Fsp3) is 0.875. The van der Waals surface area contributed by atoms with Crippen molar-refractivity contribution in [1.29, 1.82) is 0 Å². The Morgan fingerprint density at radius 2 is 2.00 bits per heavy atom. The van der Waals surface area contributed by atoms with Gasteiger partial charge in [-0.3, -0.25) is 4.79 Å². The molecule has 84 valence electrons. The zero-order valence-electron chi connectivity index (χ0n) is 7.90. The fourth-order valence-corrected chi connectivity index (χ4v) is 1.11. The summed E-state index contributed by atoms with van der Waals surface area (Å²) in [4.78, 5) is 12.4. The van der Waals surface area contributed by atoms with E-state index >= 15 is 0 Å². The van der Waals surface area contributed by atoms with Crippen molar-refractivity contribution in [2.75, 3.05) is 18.9 Å². The van der Waals surface area contributed by atoms with Gasteiger partial charge in [0, 0.05) is 25.3 Å². The van der Waals surface area contributed by atoms with Crippen molar-refractivity contribution in [1.82, 2.24) is 4.90 Å². The predicted octanol–water partition coefficient (Wildman–Crippen LogP) is 2.57. The molecule has 0 N–H and O–H groups in total. The molecule has 1 amide bonds. The number of rotatable bonds is 5. The highest BCUT2D eigenvalue weighted by Crippen LogP contribution is 2.21. The van der Waals surface area contributed by atoms with Crippen molar-refractivity contribution in [3.8, 4) is 0 Å². The second-order valence-electron chi connectivity index (χ2n) is 2.97. The van der Waals surface area contributed by atoms with Gasteiger partial charge >= 0.3 is 6.18 Å². The lowest BCUT2D eigenvalue weighted by Crippen LogP contribution is -2.28. The molecular formula is C8H13BrF3NO. The molecule has 6 heteroatoms. The largest absolute Gasteiger partial charge is 0.389 e. The number of alkyl halides is 4. The van der Waals surface area contributed by atoms with Gasteiger partial charge in [-0.25, -0.2) is 0 Å². The maximum Gasteiger partial charge on any atom is 0.389 e. The Morgan fingerprint density at radius 1 is 1.43 bits per heavy atom. The highest BCUT2D eigenvalue weighted by Gasteiger charge is 2.28. The van der Waals surface area contributed by atoms with Gasteiger partial charge in [-0.15, -0.1) is 0 Å². The van der Waals surface area contributed by atoms with E-state index in [0.29, 0.717) is 6.54 Å². The fourth-order valence-electron chi connectivity index (χ4n) is 0.861. The van der Waals surface area contributed by atoms with Gasteiger partial charge in [-0.05, 0) is 6.42 Å². The molecular weight excluding hydrogens is 263 g/mol. The number of halogens is 4. The van der Waals surface area contributed by atoms with E-state index in [1.54, 1.807) is 0 Å². The normalized spacial score (nSPS) is 11.5. The van der Waals surface area contributed by atoms with Crippen LogP contribution in [0.5, 0.6) is 0 Å². The summed E-state index contributed by atoms with van der Waals surface area (Å²) in [5.41, 5.74) is 0. The number of amides is 1. The van der Waals surface area contributed by atoms with Gasteiger partial charge in [0.25, 0.3) is 0 Å². The predicted molar refractivity (Wildman–Crippen MR) is 51.3 cm³/mol. The van der Waals surface area contributed by atoms with Crippen molar-refractivity contribution in [2.24, 2.45) is 0 Å². The Bertz CT molecular complexity index is 184. The monoisotopic (exact) mass is 275 g/mol. The highest BCUT2D eigenvalue weighted by molar-refractivity contribution is 9.09. The minimum Gasteiger partial charge on any atom is -0.346 e. The number of hydrogen-bond donors (Lipinski definition) is 0. The van der Waals surface area contributed by atoms with Crippen molar-refractivity contribution in [2.45, 2.75) is 25.4 Å². The summed E-state index contributed by atoms with van der Waals surface area (Å²) in [6, 6.07) is 0. The van der Waals surface area contributed by atoms with Crippen LogP contribution in [-0.4, -0.2) is 35.9 Å². The number of nitrogens with zero attached hydrogens (tertiary/aromatic N) is 1. The van der Waals surface area contributed by atoms with E-state index in [0.717, 1.165) is 11.8 Å². The molecule has 0 atom stereocenters. The second-order valence-corrected chi connectivity index (χ2v) is 3.77. The van der Waals surface area contributed by atoms with Crippen molar-refractivity contribution < 1.29 is 18.0 Å². The average Bonchev–Trinajstić information content (AvgIpc) is 2.09. The number of carbonyl (C=O) groups is 1. The molecule has 0 bridgehead atoms. The minimum absolute atomic E-state index is 0.455. The first-order chi connectivity index (χ1) is 6.37. The third kappa shape index (κ3) is 7.17. The zero-order valence-corrected chi connectivity index (χ0v) is 9.49. The standard InChI is InChI=1S/C8H13BrF3NO/c1-13(6-2-5-9)7(14)3-4-8(10,11)12/h2-6H2,1H3. The van der Waals surface area contributed by atoms with Crippen LogP contribution in [0.1, 0.15) is 19.3 Å². The summed E-state index contributed by atoms with van der Waals surface area (Å²) in [7, 11) is 1.52. The summed E-state index contributed by atoms with van der Waals surface area (Å²) in [6.07, 6.45) is -4.99. The molecule has 2 nitrogen and oxygen atoms in total. The van der Waals surface area contributed by atoms with Crippen LogP contribution < -0.4 is 0 Å². The topological polar surface area (TPSA) is 20.3 Å². The molecule has 0 saturated carbocycles. The third-order valence-corrected chi connectivity index (χ3v) is 2.24. The van der Waals surface area contributed by atoms with Gasteiger partial charge in [0.2, 0.25) is 5.91 Å². The van der Waals surface area contributed by atoms with E-state index < -0.39 is 24.9 Å². The molecule has 0 rings (SSSR count). The van der Waals surface area contributed by atoms with Crippen molar-refractivity contribution >= 4 is 21.8 Å². The summed E-state index contributed by atoms with van der Waals surface area (Å²) in [6.45, 7) is 0.488. The van der Waals surface area contributed by atoms with E-state index in [2.05, 4.69) is 15.9 Å². The summed E-state index contributed by atoms with van der Waals surface area (Å²) in [5, 5.41) is 0.740. The van der Waals surface area contributed by atoms with Crippen LogP contribution in [0.25, 0.3) is 0 Å². The lowest BCUT2D eigenvalue weighted by Gasteiger charge is -2.16. The molecule has 0 fully saturated rings. The van der Waals surface area contributed by atoms with Crippen LogP contribution in [0.15, 0.2) is 0 Å². The van der Waals surface area contributed by atoms with E-state index in [9.17, 15) is 18.0 Å². The van der Waals surface area contributed by atoms with Crippen LogP contribution in [0.4, 0.5) is 13.2 Å². The van der Waals surface area contributed by atoms with Crippen molar-refractivity contribution in [3.05, 3.63) is 0 Å². The lowest BCUT2D eigenvalue weighted by molar-refractivity contribution is -0.148. The molecule has 0 aromatic rings. The van der Waals surface area contributed by atoms with Gasteiger partial charge < -0.3 is 4.90 Å². The van der Waals surface area contributed by atoms with Gasteiger partial charge in [0.15, 0.2) is 0 Å². The number of hydrogen-bond acceptors (Lipinski definition) is 1. The smallest absolute Gasteiger partial charge is 0.346 e. The molecule has 0 spiro atoms. The van der Waals surface area contributed by atoms with Gasteiger partial charge in [0.05, 0.1) is 6.42 Å². The molecule has 0 aromatic heterocycles. The summed E-state index contributed by atoms with van der Waals surface area (Å²) in [5.74, 6) is -0.455. The molecule has 0 aromatic carbocycles. The number of carbonyl (C=O) groups excluding carboxylic acids is 1. The third-order valence-electron chi connectivity index (χ3n) is 1.68. The van der Waals surface area contributed by atoms with E-state index in [-0.39, 0.29) is 0 Å². The van der Waals surface area contributed by atoms with E-state index in [1.807, 2.05) is 0 Å². The average molecular weight is 276 g/mol. The molecule has 0 radical (unpaired) electrons.